The molecular formula is C16H15N3O4S. The third-order valence-corrected chi connectivity index (χ3v) is 5.33. The van der Waals surface area contributed by atoms with Crippen LogP contribution in [0.2, 0.25) is 0 Å². The Balaban J connectivity index is 1.61. The van der Waals surface area contributed by atoms with E-state index in [9.17, 15) is 14.9 Å². The van der Waals surface area contributed by atoms with Crippen LogP contribution in [0.4, 0.5) is 11.4 Å². The standard InChI is InChI=1S/C16H15N3O4S/c20-16(11-9-24-15(17-11)14-5-2-8-23-14)18-7-6-10-12(18)3-1-4-13(10)19(21)22/h1,3-4,9,14H,2,5-8H2/t14-/m0/s1. The molecule has 0 bridgehead atoms. The normalized spacial score (nSPS) is 19.5. The molecule has 1 amide bonds. The number of carbonyl (C=O) groups excluding carboxylic acids is 1. The lowest BCUT2D eigenvalue weighted by molar-refractivity contribution is -0.385. The fourth-order valence-electron chi connectivity index (χ4n) is 3.24. The molecule has 4 rings (SSSR count). The number of nitro benzene ring substituents is 1. The maximum Gasteiger partial charge on any atom is 0.277 e. The molecule has 1 aromatic carbocycles. The van der Waals surface area contributed by atoms with Gasteiger partial charge < -0.3 is 9.64 Å². The number of amides is 1. The maximum absolute atomic E-state index is 12.8. The number of hydrogen-bond acceptors (Lipinski definition) is 6. The molecule has 1 aromatic heterocycles. The molecule has 0 saturated carbocycles. The molecule has 24 heavy (non-hydrogen) atoms. The van der Waals surface area contributed by atoms with Gasteiger partial charge in [0.05, 0.1) is 16.2 Å². The Morgan fingerprint density at radius 2 is 2.33 bits per heavy atom. The summed E-state index contributed by atoms with van der Waals surface area (Å²) < 4.78 is 5.60. The van der Waals surface area contributed by atoms with Gasteiger partial charge >= 0.3 is 0 Å². The second kappa shape index (κ2) is 5.95. The minimum atomic E-state index is -0.398. The molecule has 7 nitrogen and oxygen atoms in total. The zero-order valence-electron chi connectivity index (χ0n) is 12.8. The molecule has 0 N–H and O–H groups in total. The number of carbonyl (C=O) groups is 1. The van der Waals surface area contributed by atoms with Crippen LogP contribution in [0.25, 0.3) is 0 Å². The molecule has 2 aliphatic heterocycles. The maximum atomic E-state index is 12.8. The average molecular weight is 345 g/mol. The van der Waals surface area contributed by atoms with Crippen molar-refractivity contribution in [2.75, 3.05) is 18.1 Å². The number of nitrogens with zero attached hydrogens (tertiary/aromatic N) is 3. The number of nitro groups is 1. The smallest absolute Gasteiger partial charge is 0.277 e. The average Bonchev–Trinajstić information content (AvgIpc) is 3.31. The molecule has 1 atom stereocenters. The van der Waals surface area contributed by atoms with Crippen molar-refractivity contribution < 1.29 is 14.5 Å². The summed E-state index contributed by atoms with van der Waals surface area (Å²) in [5.41, 5.74) is 1.68. The summed E-state index contributed by atoms with van der Waals surface area (Å²) in [5.74, 6) is -0.213. The molecule has 0 aliphatic carbocycles. The van der Waals surface area contributed by atoms with Crippen molar-refractivity contribution in [3.63, 3.8) is 0 Å². The third-order valence-electron chi connectivity index (χ3n) is 4.39. The van der Waals surface area contributed by atoms with Crippen molar-refractivity contribution in [1.29, 1.82) is 0 Å². The predicted molar refractivity (Wildman–Crippen MR) is 88.5 cm³/mol. The first kappa shape index (κ1) is 15.2. The van der Waals surface area contributed by atoms with Gasteiger partial charge in [-0.2, -0.15) is 0 Å². The lowest BCUT2D eigenvalue weighted by atomic mass is 10.1. The van der Waals surface area contributed by atoms with E-state index < -0.39 is 4.92 Å². The number of ether oxygens (including phenoxy) is 1. The first-order valence-corrected chi connectivity index (χ1v) is 8.68. The van der Waals surface area contributed by atoms with E-state index in [1.54, 1.807) is 22.4 Å². The van der Waals surface area contributed by atoms with Gasteiger partial charge in [-0.15, -0.1) is 11.3 Å². The predicted octanol–water partition coefficient (Wildman–Crippen LogP) is 3.11. The van der Waals surface area contributed by atoms with E-state index in [4.69, 9.17) is 4.74 Å². The minimum absolute atomic E-state index is 0.0106. The fraction of sp³-hybridized carbons (Fsp3) is 0.375. The summed E-state index contributed by atoms with van der Waals surface area (Å²) in [5, 5.41) is 13.7. The number of benzene rings is 1. The van der Waals surface area contributed by atoms with Crippen LogP contribution in [-0.4, -0.2) is 29.0 Å². The molecule has 2 aromatic rings. The van der Waals surface area contributed by atoms with Crippen LogP contribution in [0.15, 0.2) is 23.6 Å². The van der Waals surface area contributed by atoms with Gasteiger partial charge in [-0.3, -0.25) is 14.9 Å². The molecule has 0 unspecified atom stereocenters. The molecule has 124 valence electrons. The van der Waals surface area contributed by atoms with E-state index in [2.05, 4.69) is 4.98 Å². The van der Waals surface area contributed by atoms with E-state index in [0.29, 0.717) is 29.9 Å². The highest BCUT2D eigenvalue weighted by atomic mass is 32.1. The van der Waals surface area contributed by atoms with Crippen LogP contribution in [0, 0.1) is 10.1 Å². The Morgan fingerprint density at radius 3 is 3.08 bits per heavy atom. The zero-order chi connectivity index (χ0) is 16.7. The van der Waals surface area contributed by atoms with Crippen molar-refractivity contribution in [2.45, 2.75) is 25.4 Å². The van der Waals surface area contributed by atoms with Crippen molar-refractivity contribution in [1.82, 2.24) is 4.98 Å². The Labute approximate surface area is 142 Å². The number of aromatic nitrogens is 1. The fourth-order valence-corrected chi connectivity index (χ4v) is 4.12. The molecule has 0 spiro atoms. The number of hydrogen-bond donors (Lipinski definition) is 0. The van der Waals surface area contributed by atoms with E-state index in [1.165, 1.54) is 17.4 Å². The first-order valence-electron chi connectivity index (χ1n) is 7.80. The van der Waals surface area contributed by atoms with Crippen molar-refractivity contribution in [3.8, 4) is 0 Å². The van der Waals surface area contributed by atoms with Crippen LogP contribution in [0.5, 0.6) is 0 Å². The molecule has 1 saturated heterocycles. The lowest BCUT2D eigenvalue weighted by Crippen LogP contribution is -2.29. The number of fused-ring (bicyclic) bond motifs is 1. The van der Waals surface area contributed by atoms with Gasteiger partial charge in [-0.25, -0.2) is 4.98 Å². The number of anilines is 1. The van der Waals surface area contributed by atoms with Gasteiger partial charge in [0.1, 0.15) is 16.8 Å². The molecule has 2 aliphatic rings. The summed E-state index contributed by atoms with van der Waals surface area (Å²) in [6.45, 7) is 1.17. The van der Waals surface area contributed by atoms with Crippen LogP contribution in [-0.2, 0) is 11.2 Å². The highest BCUT2D eigenvalue weighted by Gasteiger charge is 2.32. The van der Waals surface area contributed by atoms with Crippen molar-refractivity contribution >= 4 is 28.6 Å². The second-order valence-electron chi connectivity index (χ2n) is 5.81. The largest absolute Gasteiger partial charge is 0.371 e. The van der Waals surface area contributed by atoms with Gasteiger partial charge in [0.25, 0.3) is 11.6 Å². The number of rotatable bonds is 3. The zero-order valence-corrected chi connectivity index (χ0v) is 13.6. The monoisotopic (exact) mass is 345 g/mol. The topological polar surface area (TPSA) is 85.6 Å². The van der Waals surface area contributed by atoms with Crippen LogP contribution < -0.4 is 4.90 Å². The minimum Gasteiger partial charge on any atom is -0.371 e. The highest BCUT2D eigenvalue weighted by Crippen LogP contribution is 2.36. The van der Waals surface area contributed by atoms with E-state index in [-0.39, 0.29) is 17.7 Å². The Kier molecular flexibility index (Phi) is 3.78. The molecule has 1 fully saturated rings. The van der Waals surface area contributed by atoms with Crippen LogP contribution in [0.3, 0.4) is 0 Å². The van der Waals surface area contributed by atoms with Gasteiger partial charge in [0, 0.05) is 24.6 Å². The van der Waals surface area contributed by atoms with Crippen molar-refractivity contribution in [3.05, 3.63) is 50.0 Å². The quantitative estimate of drug-likeness (QED) is 0.630. The lowest BCUT2D eigenvalue weighted by Gasteiger charge is -2.15. The van der Waals surface area contributed by atoms with E-state index >= 15 is 0 Å². The van der Waals surface area contributed by atoms with Crippen LogP contribution in [0.1, 0.15) is 40.0 Å². The molecule has 0 radical (unpaired) electrons. The highest BCUT2D eigenvalue weighted by molar-refractivity contribution is 7.09. The summed E-state index contributed by atoms with van der Waals surface area (Å²) in [6, 6.07) is 4.84. The van der Waals surface area contributed by atoms with E-state index in [1.807, 2.05) is 0 Å². The Hall–Kier alpha value is -2.32. The summed E-state index contributed by atoms with van der Waals surface area (Å²) >= 11 is 1.43. The summed E-state index contributed by atoms with van der Waals surface area (Å²) in [6.07, 6.45) is 2.42. The second-order valence-corrected chi connectivity index (χ2v) is 6.70. The third kappa shape index (κ3) is 2.47. The van der Waals surface area contributed by atoms with Gasteiger partial charge in [-0.1, -0.05) is 6.07 Å². The summed E-state index contributed by atoms with van der Waals surface area (Å²) in [4.78, 5) is 29.5. The Bertz CT molecular complexity index is 813. The first-order chi connectivity index (χ1) is 11.6. The van der Waals surface area contributed by atoms with Gasteiger partial charge in [-0.05, 0) is 25.3 Å². The van der Waals surface area contributed by atoms with Crippen molar-refractivity contribution in [2.24, 2.45) is 0 Å². The summed E-state index contributed by atoms with van der Waals surface area (Å²) in [7, 11) is 0. The molecular weight excluding hydrogens is 330 g/mol. The van der Waals surface area contributed by atoms with Gasteiger partial charge in [0.15, 0.2) is 0 Å². The number of thiazole rings is 1. The van der Waals surface area contributed by atoms with Gasteiger partial charge in [0.2, 0.25) is 0 Å². The molecule has 3 heterocycles. The van der Waals surface area contributed by atoms with E-state index in [0.717, 1.165) is 24.5 Å². The molecule has 8 heteroatoms. The Morgan fingerprint density at radius 1 is 1.46 bits per heavy atom. The SMILES string of the molecule is O=C(c1csc([C@@H]2CCCO2)n1)N1CCc2c1cccc2[N+](=O)[O-]. The van der Waals surface area contributed by atoms with Crippen LogP contribution >= 0.6 is 11.3 Å².